The second kappa shape index (κ2) is 7.02. The molecule has 0 aliphatic rings. The lowest BCUT2D eigenvalue weighted by Gasteiger charge is -2.35. The summed E-state index contributed by atoms with van der Waals surface area (Å²) in [5.74, 6) is 0. The van der Waals surface area contributed by atoms with Crippen LogP contribution in [0, 0.1) is 0 Å². The van der Waals surface area contributed by atoms with Gasteiger partial charge in [0.25, 0.3) is 0 Å². The molecule has 0 aliphatic heterocycles. The standard InChI is InChI=1S/C8H20O2Si.CHF3O3S/c1-8(2,3)11(4,5)10-7-6-9;2-1(3,4)8(5,6)7/h9H,6-7H2,1-5H3;(H,5,6,7). The molecule has 0 fully saturated rings. The van der Waals surface area contributed by atoms with Crippen LogP contribution in [-0.4, -0.2) is 45.1 Å². The van der Waals surface area contributed by atoms with Gasteiger partial charge in [-0.15, -0.1) is 0 Å². The molecule has 0 radical (unpaired) electrons. The van der Waals surface area contributed by atoms with E-state index < -0.39 is 23.9 Å². The molecule has 0 bridgehead atoms. The fourth-order valence-corrected chi connectivity index (χ4v) is 1.55. The molecule has 118 valence electrons. The van der Waals surface area contributed by atoms with Gasteiger partial charge in [0.1, 0.15) is 0 Å². The topological polar surface area (TPSA) is 83.8 Å². The summed E-state index contributed by atoms with van der Waals surface area (Å²) in [6, 6.07) is 0. The fraction of sp³-hybridized carbons (Fsp3) is 1.00. The second-order valence-corrected chi connectivity index (χ2v) is 11.5. The highest BCUT2D eigenvalue weighted by Gasteiger charge is 2.44. The van der Waals surface area contributed by atoms with Crippen molar-refractivity contribution in [2.24, 2.45) is 0 Å². The van der Waals surface area contributed by atoms with Crippen molar-refractivity contribution in [2.75, 3.05) is 13.2 Å². The molecule has 0 spiro atoms. The van der Waals surface area contributed by atoms with Gasteiger partial charge in [-0.05, 0) is 18.1 Å². The summed E-state index contributed by atoms with van der Waals surface area (Å²) in [5.41, 5.74) is -5.53. The summed E-state index contributed by atoms with van der Waals surface area (Å²) in [7, 11) is -7.43. The maximum absolute atomic E-state index is 10.7. The van der Waals surface area contributed by atoms with Crippen LogP contribution in [0.3, 0.4) is 0 Å². The van der Waals surface area contributed by atoms with Gasteiger partial charge in [-0.25, -0.2) is 0 Å². The van der Waals surface area contributed by atoms with E-state index in [4.69, 9.17) is 22.5 Å². The van der Waals surface area contributed by atoms with E-state index in [0.717, 1.165) is 0 Å². The number of hydrogen-bond acceptors (Lipinski definition) is 4. The predicted molar refractivity (Wildman–Crippen MR) is 67.8 cm³/mol. The molecule has 19 heavy (non-hydrogen) atoms. The number of alkyl halides is 3. The average molecular weight is 326 g/mol. The SMILES string of the molecule is CC(C)(C)[Si](C)(C)OCCO.O=S(=O)(O)C(F)(F)F. The van der Waals surface area contributed by atoms with E-state index in [9.17, 15) is 13.2 Å². The van der Waals surface area contributed by atoms with E-state index in [1.807, 2.05) is 0 Å². The third-order valence-electron chi connectivity index (χ3n) is 2.65. The molecule has 0 rings (SSSR count). The molecule has 0 aromatic heterocycles. The Morgan fingerprint density at radius 1 is 1.16 bits per heavy atom. The van der Waals surface area contributed by atoms with E-state index in [0.29, 0.717) is 6.61 Å². The Morgan fingerprint density at radius 3 is 1.63 bits per heavy atom. The van der Waals surface area contributed by atoms with Gasteiger partial charge >= 0.3 is 15.6 Å². The summed E-state index contributed by atoms with van der Waals surface area (Å²) < 4.78 is 63.2. The van der Waals surface area contributed by atoms with Crippen LogP contribution in [0.5, 0.6) is 0 Å². The lowest BCUT2D eigenvalue weighted by Crippen LogP contribution is -2.41. The van der Waals surface area contributed by atoms with Gasteiger partial charge < -0.3 is 9.53 Å². The maximum Gasteiger partial charge on any atom is 0.522 e. The van der Waals surface area contributed by atoms with Crippen LogP contribution in [0.15, 0.2) is 0 Å². The molecule has 0 unspecified atom stereocenters. The van der Waals surface area contributed by atoms with Crippen LogP contribution in [0.25, 0.3) is 0 Å². The van der Waals surface area contributed by atoms with E-state index in [1.165, 1.54) is 0 Å². The summed E-state index contributed by atoms with van der Waals surface area (Å²) in [6.45, 7) is 11.6. The van der Waals surface area contributed by atoms with Gasteiger partial charge in [0, 0.05) is 0 Å². The molecular weight excluding hydrogens is 305 g/mol. The van der Waals surface area contributed by atoms with E-state index in [-0.39, 0.29) is 11.6 Å². The zero-order valence-corrected chi connectivity index (χ0v) is 13.4. The highest BCUT2D eigenvalue weighted by molar-refractivity contribution is 7.86. The molecule has 5 nitrogen and oxygen atoms in total. The molecule has 0 aromatic rings. The molecule has 0 amide bonds. The van der Waals surface area contributed by atoms with Crippen molar-refractivity contribution < 1.29 is 35.7 Å². The van der Waals surface area contributed by atoms with Crippen LogP contribution in [0.2, 0.25) is 18.1 Å². The fourth-order valence-electron chi connectivity index (χ4n) is 0.517. The van der Waals surface area contributed by atoms with Gasteiger partial charge in [0.05, 0.1) is 13.2 Å². The number of halogens is 3. The Labute approximate surface area is 112 Å². The highest BCUT2D eigenvalue weighted by atomic mass is 32.2. The number of rotatable bonds is 3. The monoisotopic (exact) mass is 326 g/mol. The summed E-state index contributed by atoms with van der Waals surface area (Å²) >= 11 is 0. The summed E-state index contributed by atoms with van der Waals surface area (Å²) in [6.07, 6.45) is 0. The van der Waals surface area contributed by atoms with Gasteiger partial charge in [0.15, 0.2) is 8.32 Å². The lowest BCUT2D eigenvalue weighted by molar-refractivity contribution is -0.0510. The third-order valence-corrected chi connectivity index (χ3v) is 7.78. The first-order chi connectivity index (χ1) is 8.06. The van der Waals surface area contributed by atoms with E-state index in [1.54, 1.807) is 0 Å². The smallest absolute Gasteiger partial charge is 0.414 e. The first-order valence-electron chi connectivity index (χ1n) is 5.35. The first-order valence-corrected chi connectivity index (χ1v) is 9.69. The molecular formula is C9H21F3O5SSi. The van der Waals surface area contributed by atoms with Crippen molar-refractivity contribution in [3.8, 4) is 0 Å². The predicted octanol–water partition coefficient (Wildman–Crippen LogP) is 2.39. The molecule has 10 heteroatoms. The lowest BCUT2D eigenvalue weighted by atomic mass is 10.2. The number of aliphatic hydroxyl groups is 1. The molecule has 0 heterocycles. The van der Waals surface area contributed by atoms with Crippen LogP contribution in [-0.2, 0) is 14.5 Å². The Balaban J connectivity index is 0. The number of hydrogen-bond donors (Lipinski definition) is 2. The maximum atomic E-state index is 10.7. The normalized spacial score (nSPS) is 13.8. The zero-order valence-electron chi connectivity index (χ0n) is 11.6. The quantitative estimate of drug-likeness (QED) is 0.473. The third kappa shape index (κ3) is 8.58. The van der Waals surface area contributed by atoms with Crippen molar-refractivity contribution in [3.63, 3.8) is 0 Å². The highest BCUT2D eigenvalue weighted by Crippen LogP contribution is 2.36. The van der Waals surface area contributed by atoms with E-state index in [2.05, 4.69) is 33.9 Å². The minimum absolute atomic E-state index is 0.131. The minimum Gasteiger partial charge on any atom is -0.414 e. The van der Waals surface area contributed by atoms with Crippen LogP contribution in [0.4, 0.5) is 13.2 Å². The van der Waals surface area contributed by atoms with Gasteiger partial charge in [-0.2, -0.15) is 21.6 Å². The molecule has 0 saturated heterocycles. The van der Waals surface area contributed by atoms with Crippen molar-refractivity contribution in [1.29, 1.82) is 0 Å². The largest absolute Gasteiger partial charge is 0.522 e. The Morgan fingerprint density at radius 2 is 1.47 bits per heavy atom. The Hall–Kier alpha value is -0.163. The van der Waals surface area contributed by atoms with Crippen LogP contribution >= 0.6 is 0 Å². The number of aliphatic hydroxyl groups excluding tert-OH is 1. The molecule has 0 aromatic carbocycles. The second-order valence-electron chi connectivity index (χ2n) is 5.25. The Bertz CT molecular complexity index is 359. The van der Waals surface area contributed by atoms with E-state index >= 15 is 0 Å². The average Bonchev–Trinajstić information content (AvgIpc) is 2.10. The summed E-state index contributed by atoms with van der Waals surface area (Å²) in [4.78, 5) is 0. The van der Waals surface area contributed by atoms with Gasteiger partial charge in [-0.1, -0.05) is 20.8 Å². The van der Waals surface area contributed by atoms with Crippen molar-refractivity contribution in [1.82, 2.24) is 0 Å². The minimum atomic E-state index is -5.84. The van der Waals surface area contributed by atoms with Crippen LogP contribution in [0.1, 0.15) is 20.8 Å². The Kier molecular flexibility index (Phi) is 7.81. The first kappa shape index (κ1) is 21.1. The zero-order chi connectivity index (χ0) is 16.1. The van der Waals surface area contributed by atoms with Crippen molar-refractivity contribution in [3.05, 3.63) is 0 Å². The molecule has 0 atom stereocenters. The van der Waals surface area contributed by atoms with Crippen molar-refractivity contribution >= 4 is 18.4 Å². The van der Waals surface area contributed by atoms with Crippen LogP contribution < -0.4 is 0 Å². The van der Waals surface area contributed by atoms with Gasteiger partial charge in [-0.3, -0.25) is 4.55 Å². The molecule has 2 N–H and O–H groups in total. The van der Waals surface area contributed by atoms with Crippen molar-refractivity contribution in [2.45, 2.75) is 44.4 Å². The molecule has 0 aliphatic carbocycles. The summed E-state index contributed by atoms with van der Waals surface area (Å²) in [5, 5.41) is 8.84. The molecule has 0 saturated carbocycles. The van der Waals surface area contributed by atoms with Gasteiger partial charge in [0.2, 0.25) is 0 Å².